The van der Waals surface area contributed by atoms with E-state index in [0.717, 1.165) is 5.56 Å². The predicted molar refractivity (Wildman–Crippen MR) is 91.4 cm³/mol. The molecule has 0 unspecified atom stereocenters. The molecule has 6 heteroatoms. The number of nitrogens with one attached hydrogen (secondary N) is 1. The number of benzene rings is 2. The Kier molecular flexibility index (Phi) is 5.31. The summed E-state index contributed by atoms with van der Waals surface area (Å²) >= 11 is 0. The average molecular weight is 338 g/mol. The van der Waals surface area contributed by atoms with Gasteiger partial charge in [0, 0.05) is 18.7 Å². The maximum Gasteiger partial charge on any atom is 0.273 e. The lowest BCUT2D eigenvalue weighted by Crippen LogP contribution is -2.22. The van der Waals surface area contributed by atoms with Crippen LogP contribution in [0.15, 0.2) is 65.2 Å². The summed E-state index contributed by atoms with van der Waals surface area (Å²) in [5.74, 6) is 1.52. The molecule has 0 spiro atoms. The molecule has 0 aliphatic heterocycles. The van der Waals surface area contributed by atoms with Crippen molar-refractivity contribution in [3.05, 3.63) is 77.7 Å². The molecule has 1 N–H and O–H groups in total. The zero-order valence-electron chi connectivity index (χ0n) is 13.8. The Bertz CT molecular complexity index is 830. The van der Waals surface area contributed by atoms with E-state index < -0.39 is 0 Å². The van der Waals surface area contributed by atoms with Gasteiger partial charge in [0.15, 0.2) is 11.5 Å². The summed E-state index contributed by atoms with van der Waals surface area (Å²) in [5.41, 5.74) is 1.24. The first kappa shape index (κ1) is 16.6. The maximum atomic E-state index is 12.1. The molecule has 3 rings (SSSR count). The Labute approximate surface area is 145 Å². The summed E-state index contributed by atoms with van der Waals surface area (Å²) in [5, 5.41) is 6.58. The van der Waals surface area contributed by atoms with Crippen molar-refractivity contribution in [3.8, 4) is 11.5 Å². The highest BCUT2D eigenvalue weighted by Crippen LogP contribution is 2.20. The van der Waals surface area contributed by atoms with Gasteiger partial charge in [-0.2, -0.15) is 0 Å². The molecule has 3 aromatic rings. The van der Waals surface area contributed by atoms with Gasteiger partial charge in [0.2, 0.25) is 0 Å². The molecule has 1 amide bonds. The van der Waals surface area contributed by atoms with Gasteiger partial charge >= 0.3 is 0 Å². The third kappa shape index (κ3) is 4.60. The number of rotatable bonds is 7. The highest BCUT2D eigenvalue weighted by Gasteiger charge is 2.12. The van der Waals surface area contributed by atoms with Crippen molar-refractivity contribution in [1.29, 1.82) is 0 Å². The van der Waals surface area contributed by atoms with Crippen LogP contribution in [0.2, 0.25) is 0 Å². The van der Waals surface area contributed by atoms with Gasteiger partial charge in [0.05, 0.1) is 7.11 Å². The van der Waals surface area contributed by atoms with E-state index in [-0.39, 0.29) is 18.2 Å². The molecule has 0 atom stereocenters. The van der Waals surface area contributed by atoms with Gasteiger partial charge in [0.1, 0.15) is 18.1 Å². The fourth-order valence-electron chi connectivity index (χ4n) is 2.20. The number of nitrogens with zero attached hydrogens (tertiary/aromatic N) is 1. The molecule has 2 aromatic carbocycles. The Hall–Kier alpha value is -3.28. The van der Waals surface area contributed by atoms with E-state index in [1.54, 1.807) is 19.2 Å². The number of aromatic nitrogens is 1. The molecule has 0 aliphatic rings. The van der Waals surface area contributed by atoms with E-state index in [2.05, 4.69) is 10.5 Å². The molecular weight excluding hydrogens is 320 g/mol. The molecule has 6 nitrogen and oxygen atoms in total. The Morgan fingerprint density at radius 1 is 1.08 bits per heavy atom. The Balaban J connectivity index is 1.53. The van der Waals surface area contributed by atoms with Crippen molar-refractivity contribution in [3.63, 3.8) is 0 Å². The molecule has 0 aliphatic carbocycles. The topological polar surface area (TPSA) is 73.6 Å². The summed E-state index contributed by atoms with van der Waals surface area (Å²) in [6.07, 6.45) is 0. The van der Waals surface area contributed by atoms with Gasteiger partial charge in [-0.05, 0) is 17.7 Å². The third-order valence-electron chi connectivity index (χ3n) is 3.51. The van der Waals surface area contributed by atoms with Gasteiger partial charge in [0.25, 0.3) is 5.91 Å². The summed E-state index contributed by atoms with van der Waals surface area (Å²) in [7, 11) is 1.59. The molecule has 1 aromatic heterocycles. The molecule has 128 valence electrons. The molecule has 0 saturated heterocycles. The van der Waals surface area contributed by atoms with Gasteiger partial charge < -0.3 is 19.3 Å². The van der Waals surface area contributed by atoms with Crippen LogP contribution in [0.5, 0.6) is 11.5 Å². The average Bonchev–Trinajstić information content (AvgIpc) is 3.14. The second-order valence-corrected chi connectivity index (χ2v) is 5.31. The summed E-state index contributed by atoms with van der Waals surface area (Å²) in [6.45, 7) is 0.605. The monoisotopic (exact) mass is 338 g/mol. The minimum absolute atomic E-state index is 0.173. The Morgan fingerprint density at radius 2 is 1.88 bits per heavy atom. The van der Waals surface area contributed by atoms with Crippen molar-refractivity contribution in [2.24, 2.45) is 0 Å². The highest BCUT2D eigenvalue weighted by atomic mass is 16.5. The molecule has 0 fully saturated rings. The van der Waals surface area contributed by atoms with Gasteiger partial charge in [-0.3, -0.25) is 4.79 Å². The van der Waals surface area contributed by atoms with Crippen LogP contribution in [0.3, 0.4) is 0 Å². The number of methoxy groups -OCH3 is 1. The molecule has 0 radical (unpaired) electrons. The normalized spacial score (nSPS) is 10.3. The van der Waals surface area contributed by atoms with Crippen LogP contribution >= 0.6 is 0 Å². The van der Waals surface area contributed by atoms with E-state index in [4.69, 9.17) is 14.0 Å². The predicted octanol–water partition coefficient (Wildman–Crippen LogP) is 3.19. The summed E-state index contributed by atoms with van der Waals surface area (Å²) < 4.78 is 15.9. The van der Waals surface area contributed by atoms with Gasteiger partial charge in [-0.25, -0.2) is 0 Å². The lowest BCUT2D eigenvalue weighted by molar-refractivity contribution is 0.0941. The fourth-order valence-corrected chi connectivity index (χ4v) is 2.20. The number of amides is 1. The van der Waals surface area contributed by atoms with Crippen molar-refractivity contribution in [2.75, 3.05) is 7.11 Å². The molecule has 25 heavy (non-hydrogen) atoms. The van der Waals surface area contributed by atoms with E-state index in [1.165, 1.54) is 0 Å². The van der Waals surface area contributed by atoms with E-state index >= 15 is 0 Å². The smallest absolute Gasteiger partial charge is 0.273 e. The van der Waals surface area contributed by atoms with Crippen molar-refractivity contribution in [1.82, 2.24) is 10.5 Å². The Morgan fingerprint density at radius 3 is 2.68 bits per heavy atom. The van der Waals surface area contributed by atoms with E-state index in [0.29, 0.717) is 23.8 Å². The van der Waals surface area contributed by atoms with Crippen LogP contribution in [0, 0.1) is 0 Å². The molecule has 0 saturated carbocycles. The number of hydrogen-bond acceptors (Lipinski definition) is 5. The van der Waals surface area contributed by atoms with E-state index in [1.807, 2.05) is 48.5 Å². The number of ether oxygens (including phenoxy) is 2. The van der Waals surface area contributed by atoms with Crippen LogP contribution in [-0.4, -0.2) is 18.2 Å². The SMILES string of the molecule is COc1cccc(OCc2cc(C(=O)NCc3ccccc3)no2)c1. The highest BCUT2D eigenvalue weighted by molar-refractivity contribution is 5.92. The first-order chi connectivity index (χ1) is 12.2. The van der Waals surface area contributed by atoms with Gasteiger partial charge in [-0.15, -0.1) is 0 Å². The number of carbonyl (C=O) groups is 1. The lowest BCUT2D eigenvalue weighted by atomic mass is 10.2. The third-order valence-corrected chi connectivity index (χ3v) is 3.51. The first-order valence-corrected chi connectivity index (χ1v) is 7.79. The van der Waals surface area contributed by atoms with E-state index in [9.17, 15) is 4.79 Å². The zero-order chi connectivity index (χ0) is 17.5. The summed E-state index contributed by atoms with van der Waals surface area (Å²) in [6, 6.07) is 18.5. The second-order valence-electron chi connectivity index (χ2n) is 5.31. The van der Waals surface area contributed by atoms with Crippen LogP contribution in [0.4, 0.5) is 0 Å². The fraction of sp³-hybridized carbons (Fsp3) is 0.158. The minimum atomic E-state index is -0.291. The van der Waals surface area contributed by atoms with Crippen molar-refractivity contribution < 1.29 is 18.8 Å². The summed E-state index contributed by atoms with van der Waals surface area (Å²) in [4.78, 5) is 12.1. The standard InChI is InChI=1S/C19H18N2O4/c1-23-15-8-5-9-16(10-15)24-13-17-11-18(21-25-17)19(22)20-12-14-6-3-2-4-7-14/h2-11H,12-13H2,1H3,(H,20,22). The van der Waals surface area contributed by atoms with Crippen LogP contribution in [-0.2, 0) is 13.2 Å². The molecule has 0 bridgehead atoms. The largest absolute Gasteiger partial charge is 0.497 e. The minimum Gasteiger partial charge on any atom is -0.497 e. The maximum absolute atomic E-state index is 12.1. The second kappa shape index (κ2) is 8.01. The quantitative estimate of drug-likeness (QED) is 0.716. The van der Waals surface area contributed by atoms with Crippen molar-refractivity contribution in [2.45, 2.75) is 13.2 Å². The number of hydrogen-bond donors (Lipinski definition) is 1. The van der Waals surface area contributed by atoms with Gasteiger partial charge in [-0.1, -0.05) is 41.6 Å². The lowest BCUT2D eigenvalue weighted by Gasteiger charge is -2.05. The van der Waals surface area contributed by atoms with Crippen LogP contribution in [0.25, 0.3) is 0 Å². The zero-order valence-corrected chi connectivity index (χ0v) is 13.8. The first-order valence-electron chi connectivity index (χ1n) is 7.79. The van der Waals surface area contributed by atoms with Crippen LogP contribution in [0.1, 0.15) is 21.8 Å². The van der Waals surface area contributed by atoms with Crippen LogP contribution < -0.4 is 14.8 Å². The molecule has 1 heterocycles. The van der Waals surface area contributed by atoms with Crippen molar-refractivity contribution >= 4 is 5.91 Å². The molecular formula is C19H18N2O4. The number of carbonyl (C=O) groups excluding carboxylic acids is 1.